The maximum absolute atomic E-state index is 4.59. The predicted molar refractivity (Wildman–Crippen MR) is 84.0 cm³/mol. The van der Waals surface area contributed by atoms with Crippen molar-refractivity contribution in [1.82, 2.24) is 19.6 Å². The summed E-state index contributed by atoms with van der Waals surface area (Å²) in [4.78, 5) is 7.07. The van der Waals surface area contributed by atoms with E-state index in [4.69, 9.17) is 0 Å². The van der Waals surface area contributed by atoms with Crippen LogP contribution in [0.25, 0.3) is 5.65 Å². The predicted octanol–water partition coefficient (Wildman–Crippen LogP) is 2.46. The molecule has 2 aromatic rings. The lowest BCUT2D eigenvalue weighted by atomic mass is 10.3. The first kappa shape index (κ1) is 15.0. The molecule has 0 aliphatic heterocycles. The van der Waals surface area contributed by atoms with Gasteiger partial charge in [-0.15, -0.1) is 0 Å². The first-order valence-corrected chi connectivity index (χ1v) is 7.61. The number of nitrogens with one attached hydrogen (secondary N) is 1. The summed E-state index contributed by atoms with van der Waals surface area (Å²) in [6.07, 6.45) is 3.31. The molecule has 0 aliphatic carbocycles. The number of aromatic nitrogens is 2. The molecule has 0 aromatic carbocycles. The lowest BCUT2D eigenvalue weighted by Gasteiger charge is -2.19. The second-order valence-corrected chi connectivity index (χ2v) is 5.18. The van der Waals surface area contributed by atoms with E-state index in [2.05, 4.69) is 58.7 Å². The number of hydrogen-bond acceptors (Lipinski definition) is 3. The van der Waals surface area contributed by atoms with E-state index in [-0.39, 0.29) is 0 Å². The number of aryl methyl sites for hydroxylation is 1. The summed E-state index contributed by atoms with van der Waals surface area (Å²) in [6, 6.07) is 6.14. The molecule has 4 heteroatoms. The second kappa shape index (κ2) is 7.41. The molecule has 0 saturated carbocycles. The van der Waals surface area contributed by atoms with E-state index >= 15 is 0 Å². The summed E-state index contributed by atoms with van der Waals surface area (Å²) < 4.78 is 2.17. The largest absolute Gasteiger partial charge is 0.310 e. The first-order chi connectivity index (χ1) is 9.76. The van der Waals surface area contributed by atoms with Gasteiger partial charge in [-0.05, 0) is 38.6 Å². The minimum absolute atomic E-state index is 0.876. The number of rotatable bonds is 8. The fourth-order valence-electron chi connectivity index (χ4n) is 2.57. The number of likely N-dealkylation sites (N-methyl/N-ethyl adjacent to an activating group) is 1. The SMILES string of the molecule is CCCN(CC)CCNCc1c(C)nc2ccccn12. The average molecular weight is 274 g/mol. The van der Waals surface area contributed by atoms with Crippen LogP contribution in [0.4, 0.5) is 0 Å². The van der Waals surface area contributed by atoms with E-state index in [1.54, 1.807) is 0 Å². The smallest absolute Gasteiger partial charge is 0.137 e. The van der Waals surface area contributed by atoms with Gasteiger partial charge in [-0.2, -0.15) is 0 Å². The minimum atomic E-state index is 0.876. The van der Waals surface area contributed by atoms with E-state index in [1.165, 1.54) is 18.7 Å². The molecule has 0 radical (unpaired) electrons. The molecule has 0 saturated heterocycles. The molecule has 20 heavy (non-hydrogen) atoms. The normalized spacial score (nSPS) is 11.6. The molecule has 110 valence electrons. The maximum Gasteiger partial charge on any atom is 0.137 e. The second-order valence-electron chi connectivity index (χ2n) is 5.18. The van der Waals surface area contributed by atoms with Crippen molar-refractivity contribution in [2.24, 2.45) is 0 Å². The van der Waals surface area contributed by atoms with Crippen LogP contribution in [0.15, 0.2) is 24.4 Å². The number of nitrogens with zero attached hydrogens (tertiary/aromatic N) is 3. The average Bonchev–Trinajstić information content (AvgIpc) is 2.78. The molecule has 0 aliphatic rings. The lowest BCUT2D eigenvalue weighted by Crippen LogP contribution is -2.32. The van der Waals surface area contributed by atoms with Gasteiger partial charge in [0.2, 0.25) is 0 Å². The van der Waals surface area contributed by atoms with Crippen molar-refractivity contribution in [2.75, 3.05) is 26.2 Å². The quantitative estimate of drug-likeness (QED) is 0.751. The van der Waals surface area contributed by atoms with Gasteiger partial charge in [0.25, 0.3) is 0 Å². The lowest BCUT2D eigenvalue weighted by molar-refractivity contribution is 0.287. The van der Waals surface area contributed by atoms with Gasteiger partial charge in [0.1, 0.15) is 5.65 Å². The highest BCUT2D eigenvalue weighted by atomic mass is 15.1. The van der Waals surface area contributed by atoms with E-state index in [9.17, 15) is 0 Å². The van der Waals surface area contributed by atoms with Crippen LogP contribution in [0.1, 0.15) is 31.7 Å². The van der Waals surface area contributed by atoms with Crippen molar-refractivity contribution >= 4 is 5.65 Å². The van der Waals surface area contributed by atoms with Crippen molar-refractivity contribution in [3.63, 3.8) is 0 Å². The monoisotopic (exact) mass is 274 g/mol. The molecule has 2 aromatic heterocycles. The van der Waals surface area contributed by atoms with E-state index in [0.29, 0.717) is 0 Å². The molecule has 2 rings (SSSR count). The third-order valence-electron chi connectivity index (χ3n) is 3.71. The van der Waals surface area contributed by atoms with Crippen molar-refractivity contribution in [3.8, 4) is 0 Å². The van der Waals surface area contributed by atoms with Gasteiger partial charge in [0.15, 0.2) is 0 Å². The van der Waals surface area contributed by atoms with Crippen molar-refractivity contribution < 1.29 is 0 Å². The van der Waals surface area contributed by atoms with Crippen LogP contribution in [0.5, 0.6) is 0 Å². The van der Waals surface area contributed by atoms with Crippen LogP contribution in [-0.4, -0.2) is 40.5 Å². The third kappa shape index (κ3) is 3.58. The zero-order valence-electron chi connectivity index (χ0n) is 12.9. The highest BCUT2D eigenvalue weighted by Gasteiger charge is 2.07. The van der Waals surface area contributed by atoms with Gasteiger partial charge in [-0.25, -0.2) is 4.98 Å². The first-order valence-electron chi connectivity index (χ1n) is 7.61. The van der Waals surface area contributed by atoms with Crippen LogP contribution < -0.4 is 5.32 Å². The van der Waals surface area contributed by atoms with Gasteiger partial charge in [-0.1, -0.05) is 19.9 Å². The van der Waals surface area contributed by atoms with Crippen molar-refractivity contribution in [1.29, 1.82) is 0 Å². The Morgan fingerprint density at radius 3 is 2.85 bits per heavy atom. The Morgan fingerprint density at radius 2 is 2.10 bits per heavy atom. The Labute approximate surface area is 121 Å². The number of pyridine rings is 1. The summed E-state index contributed by atoms with van der Waals surface area (Å²) in [5, 5.41) is 3.54. The van der Waals surface area contributed by atoms with E-state index in [0.717, 1.165) is 37.5 Å². The molecule has 0 atom stereocenters. The summed E-state index contributed by atoms with van der Waals surface area (Å²) in [5.41, 5.74) is 3.41. The Balaban J connectivity index is 1.88. The third-order valence-corrected chi connectivity index (χ3v) is 3.71. The van der Waals surface area contributed by atoms with Gasteiger partial charge >= 0.3 is 0 Å². The molecule has 0 spiro atoms. The minimum Gasteiger partial charge on any atom is -0.310 e. The zero-order valence-corrected chi connectivity index (χ0v) is 12.9. The fraction of sp³-hybridized carbons (Fsp3) is 0.562. The molecule has 0 bridgehead atoms. The van der Waals surface area contributed by atoms with Crippen molar-refractivity contribution in [3.05, 3.63) is 35.8 Å². The molecule has 4 nitrogen and oxygen atoms in total. The standard InChI is InChI=1S/C16H26N4/c1-4-10-19(5-2)12-9-17-13-15-14(3)18-16-8-6-7-11-20(15)16/h6-8,11,17H,4-5,9-10,12-13H2,1-3H3. The molecule has 1 N–H and O–H groups in total. The summed E-state index contributed by atoms with van der Waals surface area (Å²) in [5.74, 6) is 0. The highest BCUT2D eigenvalue weighted by Crippen LogP contribution is 2.11. The van der Waals surface area contributed by atoms with Crippen molar-refractivity contribution in [2.45, 2.75) is 33.7 Å². The Kier molecular flexibility index (Phi) is 5.56. The van der Waals surface area contributed by atoms with Crippen LogP contribution >= 0.6 is 0 Å². The molecular weight excluding hydrogens is 248 g/mol. The Hall–Kier alpha value is -1.39. The van der Waals surface area contributed by atoms with Gasteiger partial charge in [-0.3, -0.25) is 0 Å². The molecule has 0 fully saturated rings. The fourth-order valence-corrected chi connectivity index (χ4v) is 2.57. The molecule has 0 unspecified atom stereocenters. The Morgan fingerprint density at radius 1 is 1.25 bits per heavy atom. The van der Waals surface area contributed by atoms with Crippen LogP contribution in [0.3, 0.4) is 0 Å². The summed E-state index contributed by atoms with van der Waals surface area (Å²) >= 11 is 0. The summed E-state index contributed by atoms with van der Waals surface area (Å²) in [7, 11) is 0. The van der Waals surface area contributed by atoms with E-state index < -0.39 is 0 Å². The zero-order chi connectivity index (χ0) is 14.4. The molecule has 0 amide bonds. The topological polar surface area (TPSA) is 32.6 Å². The maximum atomic E-state index is 4.59. The molecular formula is C16H26N4. The highest BCUT2D eigenvalue weighted by molar-refractivity contribution is 5.42. The van der Waals surface area contributed by atoms with Crippen LogP contribution in [0, 0.1) is 6.92 Å². The van der Waals surface area contributed by atoms with E-state index in [1.807, 2.05) is 6.07 Å². The van der Waals surface area contributed by atoms with Crippen LogP contribution in [0.2, 0.25) is 0 Å². The van der Waals surface area contributed by atoms with Gasteiger partial charge < -0.3 is 14.6 Å². The number of imidazole rings is 1. The van der Waals surface area contributed by atoms with Gasteiger partial charge in [0.05, 0.1) is 11.4 Å². The Bertz CT molecular complexity index is 532. The van der Waals surface area contributed by atoms with Gasteiger partial charge in [0, 0.05) is 25.8 Å². The number of fused-ring (bicyclic) bond motifs is 1. The van der Waals surface area contributed by atoms with Crippen LogP contribution in [-0.2, 0) is 6.54 Å². The molecule has 2 heterocycles. The summed E-state index contributed by atoms with van der Waals surface area (Å²) in [6.45, 7) is 11.9. The number of hydrogen-bond donors (Lipinski definition) is 1.